The van der Waals surface area contributed by atoms with Gasteiger partial charge in [-0.2, -0.15) is 0 Å². The fourth-order valence-corrected chi connectivity index (χ4v) is 4.43. The van der Waals surface area contributed by atoms with Gasteiger partial charge < -0.3 is 14.1 Å². The van der Waals surface area contributed by atoms with E-state index in [2.05, 4.69) is 44.3 Å². The van der Waals surface area contributed by atoms with E-state index in [1.807, 2.05) is 6.92 Å². The molecule has 0 unspecified atom stereocenters. The molecule has 2 aliphatic heterocycles. The number of hydrogen-bond acceptors (Lipinski definition) is 6. The minimum absolute atomic E-state index is 0.410. The van der Waals surface area contributed by atoms with Crippen LogP contribution < -0.4 is 4.74 Å². The topological polar surface area (TPSA) is 54.6 Å². The van der Waals surface area contributed by atoms with Crippen LogP contribution in [0.15, 0.2) is 28.7 Å². The second-order valence-corrected chi connectivity index (χ2v) is 8.46. The lowest BCUT2D eigenvalue weighted by Gasteiger charge is -2.30. The molecule has 0 aliphatic carbocycles. The number of nitrogens with zero attached hydrogens (tertiary/aromatic N) is 4. The summed E-state index contributed by atoms with van der Waals surface area (Å²) in [6.45, 7) is 9.48. The zero-order valence-electron chi connectivity index (χ0n) is 17.7. The number of hydrogen-bond donors (Lipinski definition) is 0. The largest absolute Gasteiger partial charge is 0.494 e. The maximum absolute atomic E-state index is 5.94. The highest BCUT2D eigenvalue weighted by molar-refractivity contribution is 5.27. The molecule has 0 spiro atoms. The summed E-state index contributed by atoms with van der Waals surface area (Å²) < 4.78 is 11.6. The van der Waals surface area contributed by atoms with E-state index in [4.69, 9.17) is 9.15 Å². The molecule has 3 heterocycles. The smallest absolute Gasteiger partial charge is 0.219 e. The molecule has 0 bridgehead atoms. The molecule has 0 amide bonds. The van der Waals surface area contributed by atoms with Gasteiger partial charge in [-0.3, -0.25) is 4.90 Å². The summed E-state index contributed by atoms with van der Waals surface area (Å²) in [5, 5.41) is 8.16. The van der Waals surface area contributed by atoms with Crippen LogP contribution in [0.25, 0.3) is 0 Å². The van der Waals surface area contributed by atoms with Crippen molar-refractivity contribution in [2.75, 3.05) is 39.3 Å². The molecule has 6 nitrogen and oxygen atoms in total. The highest BCUT2D eigenvalue weighted by atomic mass is 16.5. The van der Waals surface area contributed by atoms with Crippen molar-refractivity contribution in [1.29, 1.82) is 0 Å². The van der Waals surface area contributed by atoms with Crippen molar-refractivity contribution in [3.05, 3.63) is 41.6 Å². The monoisotopic (exact) mass is 398 g/mol. The van der Waals surface area contributed by atoms with E-state index in [0.29, 0.717) is 11.8 Å². The molecule has 0 atom stereocenters. The average Bonchev–Trinajstić information content (AvgIpc) is 3.20. The number of benzene rings is 1. The minimum Gasteiger partial charge on any atom is -0.494 e. The molecule has 2 aromatic rings. The van der Waals surface area contributed by atoms with Crippen LogP contribution in [0.4, 0.5) is 0 Å². The van der Waals surface area contributed by atoms with E-state index in [9.17, 15) is 0 Å². The second kappa shape index (κ2) is 10.2. The quantitative estimate of drug-likeness (QED) is 0.626. The standard InChI is InChI=1S/C23H34N4O2/c1-19-24-25-23(29-19)21-10-15-27(16-11-21)18-20-6-8-22(9-7-20)28-17-5-14-26-12-3-2-4-13-26/h6-9,21H,2-5,10-18H2,1H3. The summed E-state index contributed by atoms with van der Waals surface area (Å²) in [7, 11) is 0. The summed E-state index contributed by atoms with van der Waals surface area (Å²) in [4.78, 5) is 5.08. The van der Waals surface area contributed by atoms with E-state index < -0.39 is 0 Å². The molecular formula is C23H34N4O2. The lowest BCUT2D eigenvalue weighted by Crippen LogP contribution is -2.32. The highest BCUT2D eigenvalue weighted by Crippen LogP contribution is 2.27. The van der Waals surface area contributed by atoms with Crippen LogP contribution in [0.5, 0.6) is 5.75 Å². The van der Waals surface area contributed by atoms with Crippen molar-refractivity contribution >= 4 is 0 Å². The van der Waals surface area contributed by atoms with Gasteiger partial charge in [-0.25, -0.2) is 0 Å². The van der Waals surface area contributed by atoms with Gasteiger partial charge in [0.05, 0.1) is 6.61 Å². The lowest BCUT2D eigenvalue weighted by molar-refractivity contribution is 0.192. The summed E-state index contributed by atoms with van der Waals surface area (Å²) >= 11 is 0. The van der Waals surface area contributed by atoms with Crippen molar-refractivity contribution < 1.29 is 9.15 Å². The second-order valence-electron chi connectivity index (χ2n) is 8.46. The van der Waals surface area contributed by atoms with Gasteiger partial charge in [0, 0.05) is 25.9 Å². The SMILES string of the molecule is Cc1nnc(C2CCN(Cc3ccc(OCCCN4CCCCC4)cc3)CC2)o1. The van der Waals surface area contributed by atoms with Crippen molar-refractivity contribution in [2.24, 2.45) is 0 Å². The molecule has 2 aliphatic rings. The predicted molar refractivity (Wildman–Crippen MR) is 113 cm³/mol. The van der Waals surface area contributed by atoms with Gasteiger partial charge in [0.1, 0.15) is 5.75 Å². The Balaban J connectivity index is 1.15. The summed E-state index contributed by atoms with van der Waals surface area (Å²) in [5.74, 6) is 2.87. The Bertz CT molecular complexity index is 732. The maximum Gasteiger partial charge on any atom is 0.219 e. The number of piperidine rings is 2. The fraction of sp³-hybridized carbons (Fsp3) is 0.652. The number of ether oxygens (including phenoxy) is 1. The molecule has 2 fully saturated rings. The molecule has 1 aromatic carbocycles. The first-order valence-corrected chi connectivity index (χ1v) is 11.2. The van der Waals surface area contributed by atoms with Gasteiger partial charge in [0.25, 0.3) is 0 Å². The molecule has 1 aromatic heterocycles. The van der Waals surface area contributed by atoms with Gasteiger partial charge in [-0.15, -0.1) is 10.2 Å². The number of likely N-dealkylation sites (tertiary alicyclic amines) is 2. The Kier molecular flexibility index (Phi) is 7.17. The van der Waals surface area contributed by atoms with Gasteiger partial charge in [0.15, 0.2) is 0 Å². The highest BCUT2D eigenvalue weighted by Gasteiger charge is 2.24. The Hall–Kier alpha value is -1.92. The van der Waals surface area contributed by atoms with Crippen molar-refractivity contribution in [3.8, 4) is 5.75 Å². The first kappa shape index (κ1) is 20.4. The summed E-state index contributed by atoms with van der Waals surface area (Å²) in [6.07, 6.45) is 7.39. The zero-order valence-corrected chi connectivity index (χ0v) is 17.7. The molecule has 29 heavy (non-hydrogen) atoms. The lowest BCUT2D eigenvalue weighted by atomic mass is 9.96. The van der Waals surface area contributed by atoms with Crippen LogP contribution in [0.1, 0.15) is 61.8 Å². The van der Waals surface area contributed by atoms with Crippen molar-refractivity contribution in [1.82, 2.24) is 20.0 Å². The van der Waals surface area contributed by atoms with Crippen LogP contribution in [0.3, 0.4) is 0 Å². The first-order valence-electron chi connectivity index (χ1n) is 11.2. The van der Waals surface area contributed by atoms with Crippen LogP contribution >= 0.6 is 0 Å². The molecule has 4 rings (SSSR count). The maximum atomic E-state index is 5.94. The molecule has 0 radical (unpaired) electrons. The fourth-order valence-electron chi connectivity index (χ4n) is 4.43. The van der Waals surface area contributed by atoms with E-state index in [-0.39, 0.29) is 0 Å². The minimum atomic E-state index is 0.410. The van der Waals surface area contributed by atoms with Crippen molar-refractivity contribution in [2.45, 2.75) is 57.9 Å². The average molecular weight is 399 g/mol. The molecular weight excluding hydrogens is 364 g/mol. The summed E-state index contributed by atoms with van der Waals surface area (Å²) in [5.41, 5.74) is 1.35. The Morgan fingerprint density at radius 3 is 2.41 bits per heavy atom. The molecule has 2 saturated heterocycles. The molecule has 0 saturated carbocycles. The van der Waals surface area contributed by atoms with E-state index >= 15 is 0 Å². The predicted octanol–water partition coefficient (Wildman–Crippen LogP) is 4.01. The molecule has 0 N–H and O–H groups in total. The Morgan fingerprint density at radius 2 is 1.72 bits per heavy atom. The van der Waals surface area contributed by atoms with Gasteiger partial charge in [0.2, 0.25) is 11.8 Å². The third kappa shape index (κ3) is 6.03. The molecule has 158 valence electrons. The van der Waals surface area contributed by atoms with Gasteiger partial charge in [-0.1, -0.05) is 18.6 Å². The van der Waals surface area contributed by atoms with Crippen molar-refractivity contribution in [3.63, 3.8) is 0 Å². The van der Waals surface area contributed by atoms with E-state index in [0.717, 1.165) is 63.7 Å². The normalized spacial score (nSPS) is 19.5. The van der Waals surface area contributed by atoms with Crippen LogP contribution in [0.2, 0.25) is 0 Å². The van der Waals surface area contributed by atoms with Crippen LogP contribution in [0, 0.1) is 6.92 Å². The number of aryl methyl sites for hydroxylation is 1. The van der Waals surface area contributed by atoms with Crippen LogP contribution in [-0.2, 0) is 6.54 Å². The van der Waals surface area contributed by atoms with Gasteiger partial charge in [-0.05, 0) is 76.0 Å². The van der Waals surface area contributed by atoms with E-state index in [1.165, 1.54) is 37.9 Å². The first-order chi connectivity index (χ1) is 14.3. The summed E-state index contributed by atoms with van der Waals surface area (Å²) in [6, 6.07) is 8.63. The molecule has 6 heteroatoms. The number of aromatic nitrogens is 2. The Morgan fingerprint density at radius 1 is 0.966 bits per heavy atom. The zero-order chi connectivity index (χ0) is 19.9. The third-order valence-electron chi connectivity index (χ3n) is 6.14. The third-order valence-corrected chi connectivity index (χ3v) is 6.14. The Labute approximate surface area is 174 Å². The van der Waals surface area contributed by atoms with E-state index in [1.54, 1.807) is 0 Å². The van der Waals surface area contributed by atoms with Gasteiger partial charge >= 0.3 is 0 Å². The number of rotatable bonds is 8. The van der Waals surface area contributed by atoms with Crippen LogP contribution in [-0.4, -0.2) is 59.3 Å².